The van der Waals surface area contributed by atoms with Crippen LogP contribution in [-0.4, -0.2) is 30.9 Å². The Morgan fingerprint density at radius 3 is 2.70 bits per heavy atom. The molecule has 1 N–H and O–H groups in total. The van der Waals surface area contributed by atoms with E-state index < -0.39 is 39.0 Å². The number of Topliss-reactive ketones (excluding diaryl/α,β-unsaturated/α-hetero) is 1. The maximum atomic E-state index is 12.6. The van der Waals surface area contributed by atoms with E-state index in [-0.39, 0.29) is 5.75 Å². The Labute approximate surface area is 133 Å². The molecule has 1 aromatic rings. The molecule has 0 amide bonds. The summed E-state index contributed by atoms with van der Waals surface area (Å²) in [5.41, 5.74) is -1.13. The van der Waals surface area contributed by atoms with Gasteiger partial charge in [0.15, 0.2) is 0 Å². The van der Waals surface area contributed by atoms with Gasteiger partial charge in [-0.15, -0.1) is 0 Å². The maximum absolute atomic E-state index is 12.6. The van der Waals surface area contributed by atoms with E-state index in [2.05, 4.69) is 9.71 Å². The van der Waals surface area contributed by atoms with Gasteiger partial charge in [-0.3, -0.25) is 19.3 Å². The molecule has 8 nitrogen and oxygen atoms in total. The summed E-state index contributed by atoms with van der Waals surface area (Å²) in [6.07, 6.45) is 2.94. The van der Waals surface area contributed by atoms with Crippen molar-refractivity contribution in [3.63, 3.8) is 0 Å². The number of aromatic nitrogens is 1. The van der Waals surface area contributed by atoms with Gasteiger partial charge in [-0.25, -0.2) is 8.42 Å². The lowest BCUT2D eigenvalue weighted by molar-refractivity contribution is -0.142. The number of nitrogens with one attached hydrogen (secondary N) is 1. The highest BCUT2D eigenvalue weighted by atomic mass is 32.2. The molecular weight excluding hydrogens is 324 g/mol. The van der Waals surface area contributed by atoms with Crippen LogP contribution in [0.25, 0.3) is 0 Å². The standard InChI is InChI=1S/C14H16N2O6S/c1-4-23(19,20)16-13-11(21-9(2)17)12(18)14(3,22-13)10-6-5-7-15-8-10/h5-8,16H,4H2,1-3H3. The van der Waals surface area contributed by atoms with Crippen LogP contribution in [-0.2, 0) is 34.7 Å². The number of hydrogen-bond donors (Lipinski definition) is 1. The first-order valence-electron chi connectivity index (χ1n) is 6.77. The second-order valence-corrected chi connectivity index (χ2v) is 6.97. The molecular formula is C14H16N2O6S. The van der Waals surface area contributed by atoms with Gasteiger partial charge in [0.2, 0.25) is 27.3 Å². The van der Waals surface area contributed by atoms with Crippen LogP contribution in [0.4, 0.5) is 0 Å². The van der Waals surface area contributed by atoms with Crippen molar-refractivity contribution < 1.29 is 27.5 Å². The number of rotatable bonds is 5. The van der Waals surface area contributed by atoms with Crippen LogP contribution in [0.3, 0.4) is 0 Å². The molecule has 1 aromatic heterocycles. The van der Waals surface area contributed by atoms with E-state index in [9.17, 15) is 18.0 Å². The molecule has 2 heterocycles. The van der Waals surface area contributed by atoms with Crippen molar-refractivity contribution in [2.45, 2.75) is 26.4 Å². The molecule has 9 heteroatoms. The molecule has 0 aromatic carbocycles. The topological polar surface area (TPSA) is 112 Å². The van der Waals surface area contributed by atoms with Crippen LogP contribution in [0.15, 0.2) is 36.2 Å². The third-order valence-electron chi connectivity index (χ3n) is 3.24. The molecule has 0 saturated heterocycles. The molecule has 124 valence electrons. The van der Waals surface area contributed by atoms with E-state index in [1.54, 1.807) is 12.1 Å². The molecule has 0 spiro atoms. The van der Waals surface area contributed by atoms with E-state index in [0.717, 1.165) is 6.92 Å². The summed E-state index contributed by atoms with van der Waals surface area (Å²) >= 11 is 0. The van der Waals surface area contributed by atoms with Crippen LogP contribution in [0.2, 0.25) is 0 Å². The number of hydrogen-bond acceptors (Lipinski definition) is 7. The van der Waals surface area contributed by atoms with Gasteiger partial charge in [-0.2, -0.15) is 0 Å². The fourth-order valence-corrected chi connectivity index (χ4v) is 2.53. The number of pyridine rings is 1. The molecule has 1 aliphatic rings. The van der Waals surface area contributed by atoms with Crippen molar-refractivity contribution >= 4 is 21.8 Å². The summed E-state index contributed by atoms with van der Waals surface area (Å²) < 4.78 is 36.0. The van der Waals surface area contributed by atoms with Gasteiger partial charge in [0.25, 0.3) is 5.78 Å². The van der Waals surface area contributed by atoms with Crippen molar-refractivity contribution in [1.82, 2.24) is 9.71 Å². The third kappa shape index (κ3) is 3.34. The smallest absolute Gasteiger partial charge is 0.308 e. The molecule has 1 aliphatic heterocycles. The molecule has 1 atom stereocenters. The molecule has 0 aliphatic carbocycles. The zero-order valence-electron chi connectivity index (χ0n) is 12.8. The molecule has 0 bridgehead atoms. The summed E-state index contributed by atoms with van der Waals surface area (Å²) in [6, 6.07) is 3.21. The van der Waals surface area contributed by atoms with E-state index in [1.807, 2.05) is 0 Å². The average molecular weight is 340 g/mol. The van der Waals surface area contributed by atoms with Crippen LogP contribution in [0, 0.1) is 0 Å². The normalized spacial score (nSPS) is 21.1. The predicted molar refractivity (Wildman–Crippen MR) is 79.1 cm³/mol. The number of sulfonamides is 1. The van der Waals surface area contributed by atoms with Crippen LogP contribution >= 0.6 is 0 Å². The van der Waals surface area contributed by atoms with E-state index in [1.165, 1.54) is 26.2 Å². The summed E-state index contributed by atoms with van der Waals surface area (Å²) in [5.74, 6) is -2.54. The zero-order valence-corrected chi connectivity index (χ0v) is 13.6. The molecule has 0 saturated carbocycles. The predicted octanol–water partition coefficient (Wildman–Crippen LogP) is 0.568. The van der Waals surface area contributed by atoms with Crippen molar-refractivity contribution in [3.8, 4) is 0 Å². The lowest BCUT2D eigenvalue weighted by Crippen LogP contribution is -2.32. The molecule has 0 radical (unpaired) electrons. The minimum atomic E-state index is -3.72. The number of nitrogens with zero attached hydrogens (tertiary/aromatic N) is 1. The number of carbonyl (C=O) groups is 2. The molecule has 1 unspecified atom stereocenters. The molecule has 0 fully saturated rings. The molecule has 23 heavy (non-hydrogen) atoms. The Morgan fingerprint density at radius 2 is 2.17 bits per heavy atom. The van der Waals surface area contributed by atoms with Gasteiger partial charge in [0.05, 0.1) is 5.75 Å². The first kappa shape index (κ1) is 16.9. The second kappa shape index (κ2) is 5.99. The third-order valence-corrected chi connectivity index (χ3v) is 4.49. The quantitative estimate of drug-likeness (QED) is 0.780. The fourth-order valence-electron chi connectivity index (χ4n) is 1.97. The van der Waals surface area contributed by atoms with Gasteiger partial charge >= 0.3 is 5.97 Å². The lowest BCUT2D eigenvalue weighted by atomic mass is 9.93. The Morgan fingerprint density at radius 1 is 1.48 bits per heavy atom. The highest BCUT2D eigenvalue weighted by molar-refractivity contribution is 7.89. The van der Waals surface area contributed by atoms with Crippen molar-refractivity contribution in [2.75, 3.05) is 5.75 Å². The largest absolute Gasteiger partial charge is 0.456 e. The van der Waals surface area contributed by atoms with E-state index >= 15 is 0 Å². The van der Waals surface area contributed by atoms with Gasteiger partial charge < -0.3 is 9.47 Å². The number of esters is 1. The van der Waals surface area contributed by atoms with Crippen molar-refractivity contribution in [1.29, 1.82) is 0 Å². The minimum Gasteiger partial charge on any atom is -0.456 e. The van der Waals surface area contributed by atoms with Crippen LogP contribution in [0.5, 0.6) is 0 Å². The van der Waals surface area contributed by atoms with Gasteiger partial charge in [-0.1, -0.05) is 6.07 Å². The highest BCUT2D eigenvalue weighted by Gasteiger charge is 2.50. The van der Waals surface area contributed by atoms with Crippen molar-refractivity contribution in [3.05, 3.63) is 41.7 Å². The Bertz CT molecular complexity index is 772. The fraction of sp³-hybridized carbons (Fsp3) is 0.357. The summed E-state index contributed by atoms with van der Waals surface area (Å²) in [5, 5.41) is 0. The van der Waals surface area contributed by atoms with Gasteiger partial charge in [0, 0.05) is 24.9 Å². The first-order chi connectivity index (χ1) is 10.7. The van der Waals surface area contributed by atoms with Gasteiger partial charge in [0.1, 0.15) is 0 Å². The first-order valence-corrected chi connectivity index (χ1v) is 8.42. The number of carbonyl (C=O) groups excluding carboxylic acids is 2. The van der Waals surface area contributed by atoms with Gasteiger partial charge in [-0.05, 0) is 19.9 Å². The monoisotopic (exact) mass is 340 g/mol. The Balaban J connectivity index is 2.46. The van der Waals surface area contributed by atoms with Crippen molar-refractivity contribution in [2.24, 2.45) is 0 Å². The van der Waals surface area contributed by atoms with E-state index in [0.29, 0.717) is 5.56 Å². The highest BCUT2D eigenvalue weighted by Crippen LogP contribution is 2.38. The van der Waals surface area contributed by atoms with Crippen LogP contribution in [0.1, 0.15) is 26.3 Å². The minimum absolute atomic E-state index is 0.231. The second-order valence-electron chi connectivity index (χ2n) is 4.96. The average Bonchev–Trinajstić information content (AvgIpc) is 2.73. The maximum Gasteiger partial charge on any atom is 0.308 e. The summed E-state index contributed by atoms with van der Waals surface area (Å²) in [6.45, 7) is 3.97. The Kier molecular flexibility index (Phi) is 4.42. The zero-order chi connectivity index (χ0) is 17.3. The SMILES string of the molecule is CCS(=O)(=O)NC1=C(OC(C)=O)C(=O)C(C)(c2cccnc2)O1. The molecule has 2 rings (SSSR count). The summed E-state index contributed by atoms with van der Waals surface area (Å²) in [4.78, 5) is 27.8. The van der Waals surface area contributed by atoms with Crippen LogP contribution < -0.4 is 4.72 Å². The Hall–Kier alpha value is -2.42. The lowest BCUT2D eigenvalue weighted by Gasteiger charge is -2.23. The number of ketones is 1. The number of ether oxygens (including phenoxy) is 2. The summed E-state index contributed by atoms with van der Waals surface area (Å²) in [7, 11) is -3.72. The van der Waals surface area contributed by atoms with E-state index in [4.69, 9.17) is 9.47 Å².